The summed E-state index contributed by atoms with van der Waals surface area (Å²) in [4.78, 5) is 47.8. The number of ether oxygens (including phenoxy) is 1. The van der Waals surface area contributed by atoms with Gasteiger partial charge in [0.05, 0.1) is 6.42 Å². The maximum absolute atomic E-state index is 12.3. The predicted molar refractivity (Wildman–Crippen MR) is 123 cm³/mol. The van der Waals surface area contributed by atoms with Crippen molar-refractivity contribution < 1.29 is 14.1 Å². The molecule has 0 aliphatic carbocycles. The molecule has 0 fully saturated rings. The number of unbranched alkanes of at least 4 members (excludes halogenated alkanes) is 1. The predicted octanol–water partition coefficient (Wildman–Crippen LogP) is 2.60. The zero-order chi connectivity index (χ0) is 24.2. The van der Waals surface area contributed by atoms with Crippen LogP contribution in [0.25, 0.3) is 22.6 Å². The second-order valence-corrected chi connectivity index (χ2v) is 8.14. The molecule has 34 heavy (non-hydrogen) atoms. The Hall–Kier alpha value is -3.73. The van der Waals surface area contributed by atoms with Crippen LogP contribution < -0.4 is 11.2 Å². The zero-order valence-electron chi connectivity index (χ0n) is 18.7. The van der Waals surface area contributed by atoms with E-state index in [1.165, 1.54) is 9.13 Å². The molecule has 1 N–H and O–H groups in total. The number of aromatic nitrogens is 6. The fraction of sp³-hybridized carbons (Fsp3) is 0.364. The lowest BCUT2D eigenvalue weighted by Crippen LogP contribution is -2.31. The summed E-state index contributed by atoms with van der Waals surface area (Å²) in [5, 5.41) is 4.51. The van der Waals surface area contributed by atoms with Crippen LogP contribution in [0.5, 0.6) is 0 Å². The number of benzene rings is 1. The number of nitrogens with one attached hydrogen (secondary N) is 1. The van der Waals surface area contributed by atoms with Crippen molar-refractivity contribution >= 4 is 28.7 Å². The molecule has 12 heteroatoms. The van der Waals surface area contributed by atoms with Crippen molar-refractivity contribution in [1.29, 1.82) is 0 Å². The molecule has 0 aliphatic rings. The third kappa shape index (κ3) is 4.93. The molecule has 3 heterocycles. The highest BCUT2D eigenvalue weighted by atomic mass is 35.5. The summed E-state index contributed by atoms with van der Waals surface area (Å²) >= 11 is 5.88. The maximum Gasteiger partial charge on any atom is 0.330 e. The van der Waals surface area contributed by atoms with Gasteiger partial charge in [-0.3, -0.25) is 19.1 Å². The quantitative estimate of drug-likeness (QED) is 0.356. The second-order valence-electron chi connectivity index (χ2n) is 7.70. The molecule has 11 nitrogen and oxygen atoms in total. The van der Waals surface area contributed by atoms with Gasteiger partial charge in [0.15, 0.2) is 11.2 Å². The van der Waals surface area contributed by atoms with E-state index in [2.05, 4.69) is 20.1 Å². The van der Waals surface area contributed by atoms with Gasteiger partial charge < -0.3 is 13.8 Å². The van der Waals surface area contributed by atoms with E-state index in [9.17, 15) is 14.4 Å². The largest absolute Gasteiger partial charge is 0.457 e. The molecule has 3 aromatic heterocycles. The number of esters is 1. The summed E-state index contributed by atoms with van der Waals surface area (Å²) in [6, 6.07) is 6.99. The van der Waals surface area contributed by atoms with Crippen LogP contribution in [0.15, 0.2) is 38.4 Å². The molecule has 0 amide bonds. The molecule has 4 rings (SSSR count). The fourth-order valence-electron chi connectivity index (χ4n) is 3.44. The number of hydrogen-bond donors (Lipinski definition) is 1. The Morgan fingerprint density at radius 1 is 1.21 bits per heavy atom. The highest BCUT2D eigenvalue weighted by Crippen LogP contribution is 2.19. The minimum absolute atomic E-state index is 0.0218. The van der Waals surface area contributed by atoms with E-state index in [0.29, 0.717) is 29.1 Å². The van der Waals surface area contributed by atoms with Crippen molar-refractivity contribution in [1.82, 2.24) is 29.2 Å². The van der Waals surface area contributed by atoms with Crippen LogP contribution in [0, 0.1) is 0 Å². The number of imidazole rings is 1. The van der Waals surface area contributed by atoms with Crippen LogP contribution >= 0.6 is 11.6 Å². The average Bonchev–Trinajstić information content (AvgIpc) is 3.41. The molecule has 1 aromatic carbocycles. The fourth-order valence-corrected chi connectivity index (χ4v) is 3.57. The molecule has 0 spiro atoms. The van der Waals surface area contributed by atoms with E-state index in [4.69, 9.17) is 20.9 Å². The molecular weight excluding hydrogens is 464 g/mol. The van der Waals surface area contributed by atoms with Gasteiger partial charge in [-0.25, -0.2) is 9.78 Å². The molecule has 0 saturated heterocycles. The normalized spacial score (nSPS) is 11.3. The van der Waals surface area contributed by atoms with Crippen LogP contribution in [0.4, 0.5) is 0 Å². The number of fused-ring (bicyclic) bond motifs is 1. The highest BCUT2D eigenvalue weighted by Gasteiger charge is 2.18. The number of carbonyl (C=O) groups excluding carboxylic acids is 1. The molecule has 0 atom stereocenters. The standard InChI is InChI=1S/C22H23ClN6O5/c1-3-4-11-29-20-18(21(31)26-22(29)32)28(2)15(24-20)12-33-17(30)10-9-16-25-19(27-34-16)13-5-7-14(23)8-6-13/h5-8H,3-4,9-12H2,1-2H3,(H,26,31,32). The first-order valence-corrected chi connectivity index (χ1v) is 11.2. The van der Waals surface area contributed by atoms with Gasteiger partial charge in [0.1, 0.15) is 12.4 Å². The Balaban J connectivity index is 1.40. The van der Waals surface area contributed by atoms with Gasteiger partial charge in [-0.1, -0.05) is 30.1 Å². The number of aromatic amines is 1. The summed E-state index contributed by atoms with van der Waals surface area (Å²) in [5.74, 6) is 0.568. The Morgan fingerprint density at radius 2 is 1.97 bits per heavy atom. The summed E-state index contributed by atoms with van der Waals surface area (Å²) in [7, 11) is 1.64. The van der Waals surface area contributed by atoms with Crippen molar-refractivity contribution in [3.8, 4) is 11.4 Å². The number of nitrogens with zero attached hydrogens (tertiary/aromatic N) is 5. The third-order valence-electron chi connectivity index (χ3n) is 5.32. The maximum atomic E-state index is 12.3. The molecule has 178 valence electrons. The van der Waals surface area contributed by atoms with Crippen LogP contribution in [0.2, 0.25) is 5.02 Å². The van der Waals surface area contributed by atoms with Gasteiger partial charge in [0, 0.05) is 30.6 Å². The van der Waals surface area contributed by atoms with Crippen molar-refractivity contribution in [3.05, 3.63) is 61.8 Å². The van der Waals surface area contributed by atoms with Crippen LogP contribution in [-0.4, -0.2) is 35.2 Å². The smallest absolute Gasteiger partial charge is 0.330 e. The van der Waals surface area contributed by atoms with E-state index >= 15 is 0 Å². The second kappa shape index (κ2) is 10.0. The SMILES string of the molecule is CCCCn1c(=O)[nH]c(=O)c2c1nc(COC(=O)CCc1nc(-c3ccc(Cl)cc3)no1)n2C. The molecular formula is C22H23ClN6O5. The first-order chi connectivity index (χ1) is 16.4. The number of H-pyrrole nitrogens is 1. The summed E-state index contributed by atoms with van der Waals surface area (Å²) in [5.41, 5.74) is 0.230. The summed E-state index contributed by atoms with van der Waals surface area (Å²) < 4.78 is 13.5. The summed E-state index contributed by atoms with van der Waals surface area (Å²) in [6.07, 6.45) is 1.87. The van der Waals surface area contributed by atoms with Crippen molar-refractivity contribution in [2.24, 2.45) is 7.05 Å². The van der Waals surface area contributed by atoms with Crippen LogP contribution in [-0.2, 0) is 36.2 Å². The van der Waals surface area contributed by atoms with E-state index in [1.807, 2.05) is 6.92 Å². The molecule has 0 radical (unpaired) electrons. The number of hydrogen-bond acceptors (Lipinski definition) is 8. The average molecular weight is 487 g/mol. The van der Waals surface area contributed by atoms with Crippen molar-refractivity contribution in [2.75, 3.05) is 0 Å². The lowest BCUT2D eigenvalue weighted by atomic mass is 10.2. The Labute approximate surface area is 198 Å². The van der Waals surface area contributed by atoms with E-state index in [1.54, 1.807) is 31.3 Å². The van der Waals surface area contributed by atoms with Crippen molar-refractivity contribution in [2.45, 2.75) is 45.8 Å². The van der Waals surface area contributed by atoms with Crippen molar-refractivity contribution in [3.63, 3.8) is 0 Å². The van der Waals surface area contributed by atoms with Gasteiger partial charge in [0.25, 0.3) is 5.56 Å². The van der Waals surface area contributed by atoms with Gasteiger partial charge in [-0.15, -0.1) is 0 Å². The zero-order valence-corrected chi connectivity index (χ0v) is 19.5. The van der Waals surface area contributed by atoms with Crippen LogP contribution in [0.3, 0.4) is 0 Å². The van der Waals surface area contributed by atoms with Crippen LogP contribution in [0.1, 0.15) is 37.9 Å². The summed E-state index contributed by atoms with van der Waals surface area (Å²) in [6.45, 7) is 2.29. The lowest BCUT2D eigenvalue weighted by Gasteiger charge is -2.04. The lowest BCUT2D eigenvalue weighted by molar-refractivity contribution is -0.145. The molecule has 4 aromatic rings. The van der Waals surface area contributed by atoms with Gasteiger partial charge in [0.2, 0.25) is 11.7 Å². The van der Waals surface area contributed by atoms with Gasteiger partial charge in [-0.2, -0.15) is 4.98 Å². The Kier molecular flexibility index (Phi) is 6.92. The number of aryl methyl sites for hydroxylation is 3. The Morgan fingerprint density at radius 3 is 2.71 bits per heavy atom. The minimum Gasteiger partial charge on any atom is -0.457 e. The minimum atomic E-state index is -0.534. The van der Waals surface area contributed by atoms with Gasteiger partial charge in [-0.05, 0) is 30.7 Å². The monoisotopic (exact) mass is 486 g/mol. The topological polar surface area (TPSA) is 138 Å². The first-order valence-electron chi connectivity index (χ1n) is 10.8. The molecule has 0 bridgehead atoms. The van der Waals surface area contributed by atoms with E-state index in [0.717, 1.165) is 18.4 Å². The number of carbonyl (C=O) groups is 1. The highest BCUT2D eigenvalue weighted by molar-refractivity contribution is 6.30. The number of halogens is 1. The van der Waals surface area contributed by atoms with E-state index < -0.39 is 17.2 Å². The molecule has 0 unspecified atom stereocenters. The number of rotatable bonds is 9. The third-order valence-corrected chi connectivity index (χ3v) is 5.57. The van der Waals surface area contributed by atoms with Gasteiger partial charge >= 0.3 is 11.7 Å². The first kappa shape index (κ1) is 23.4. The molecule has 0 aliphatic heterocycles. The molecule has 0 saturated carbocycles. The Bertz CT molecular complexity index is 1430. The van der Waals surface area contributed by atoms with E-state index in [-0.39, 0.29) is 30.6 Å².